The highest BCUT2D eigenvalue weighted by Gasteiger charge is 2.54. The summed E-state index contributed by atoms with van der Waals surface area (Å²) in [6, 6.07) is 8.05. The van der Waals surface area contributed by atoms with E-state index in [1.165, 1.54) is 19.1 Å². The SMILES string of the molecule is CC(=O)OCC1OC(OC(C)=O)C(OC(C)=O)C(C(=O)c2ccccc2)C1OC(C)=O. The molecular formula is C21H24O10. The normalized spacial score (nSPS) is 25.1. The average Bonchev–Trinajstić information content (AvgIpc) is 2.68. The van der Waals surface area contributed by atoms with Gasteiger partial charge in [0.2, 0.25) is 6.29 Å². The van der Waals surface area contributed by atoms with Gasteiger partial charge in [0.15, 0.2) is 11.9 Å². The van der Waals surface area contributed by atoms with Crippen LogP contribution in [-0.2, 0) is 42.9 Å². The van der Waals surface area contributed by atoms with Crippen molar-refractivity contribution in [2.45, 2.75) is 52.3 Å². The molecule has 10 nitrogen and oxygen atoms in total. The van der Waals surface area contributed by atoms with Gasteiger partial charge < -0.3 is 23.7 Å². The van der Waals surface area contributed by atoms with Crippen molar-refractivity contribution in [1.29, 1.82) is 0 Å². The lowest BCUT2D eigenvalue weighted by atomic mass is 9.82. The number of carbonyl (C=O) groups excluding carboxylic acids is 5. The van der Waals surface area contributed by atoms with Crippen LogP contribution < -0.4 is 0 Å². The number of ketones is 1. The van der Waals surface area contributed by atoms with Crippen molar-refractivity contribution in [3.05, 3.63) is 35.9 Å². The third kappa shape index (κ3) is 6.61. The molecule has 1 aliphatic heterocycles. The van der Waals surface area contributed by atoms with Crippen LogP contribution in [0.25, 0.3) is 0 Å². The van der Waals surface area contributed by atoms with E-state index in [0.717, 1.165) is 20.8 Å². The summed E-state index contributed by atoms with van der Waals surface area (Å²) in [4.78, 5) is 59.9. The van der Waals surface area contributed by atoms with E-state index in [0.29, 0.717) is 0 Å². The fourth-order valence-corrected chi connectivity index (χ4v) is 3.26. The summed E-state index contributed by atoms with van der Waals surface area (Å²) in [5, 5.41) is 0. The van der Waals surface area contributed by atoms with Crippen molar-refractivity contribution in [3.63, 3.8) is 0 Å². The molecule has 1 heterocycles. The molecule has 5 unspecified atom stereocenters. The molecule has 1 aromatic carbocycles. The first-order valence-corrected chi connectivity index (χ1v) is 9.50. The third-order valence-electron chi connectivity index (χ3n) is 4.35. The number of Topliss-reactive ketones (excluding diaryl/α,β-unsaturated/α-hetero) is 1. The van der Waals surface area contributed by atoms with Gasteiger partial charge >= 0.3 is 23.9 Å². The highest BCUT2D eigenvalue weighted by atomic mass is 16.7. The minimum atomic E-state index is -1.49. The number of carbonyl (C=O) groups is 5. The molecule has 31 heavy (non-hydrogen) atoms. The molecule has 0 aliphatic carbocycles. The van der Waals surface area contributed by atoms with Crippen LogP contribution in [0.4, 0.5) is 0 Å². The highest BCUT2D eigenvalue weighted by molar-refractivity contribution is 5.99. The first kappa shape index (κ1) is 24.0. The summed E-state index contributed by atoms with van der Waals surface area (Å²) < 4.78 is 26.4. The number of ether oxygens (including phenoxy) is 5. The van der Waals surface area contributed by atoms with Crippen molar-refractivity contribution in [2.75, 3.05) is 6.61 Å². The standard InChI is InChI=1S/C21H24O10/c1-11(22)27-10-16-19(28-12(2)23)17(18(26)15-8-6-5-7-9-15)20(29-13(3)24)21(31-16)30-14(4)25/h5-9,16-17,19-21H,10H2,1-4H3. The maximum atomic E-state index is 13.4. The average molecular weight is 436 g/mol. The van der Waals surface area contributed by atoms with E-state index in [4.69, 9.17) is 23.7 Å². The van der Waals surface area contributed by atoms with Crippen LogP contribution in [0.15, 0.2) is 30.3 Å². The Morgan fingerprint density at radius 3 is 1.84 bits per heavy atom. The van der Waals surface area contributed by atoms with Crippen molar-refractivity contribution >= 4 is 29.7 Å². The molecular weight excluding hydrogens is 412 g/mol. The Hall–Kier alpha value is -3.27. The molecule has 0 saturated carbocycles. The van der Waals surface area contributed by atoms with E-state index in [1.54, 1.807) is 18.2 Å². The first-order valence-electron chi connectivity index (χ1n) is 9.50. The second kappa shape index (κ2) is 10.7. The molecule has 1 saturated heterocycles. The lowest BCUT2D eigenvalue weighted by Gasteiger charge is -2.43. The first-order chi connectivity index (χ1) is 14.6. The van der Waals surface area contributed by atoms with Gasteiger partial charge in [0.25, 0.3) is 0 Å². The van der Waals surface area contributed by atoms with E-state index >= 15 is 0 Å². The van der Waals surface area contributed by atoms with Gasteiger partial charge in [-0.15, -0.1) is 0 Å². The van der Waals surface area contributed by atoms with Gasteiger partial charge in [0, 0.05) is 33.3 Å². The second-order valence-corrected chi connectivity index (χ2v) is 6.86. The van der Waals surface area contributed by atoms with E-state index in [1.807, 2.05) is 0 Å². The van der Waals surface area contributed by atoms with Crippen LogP contribution in [0.3, 0.4) is 0 Å². The zero-order valence-electron chi connectivity index (χ0n) is 17.6. The van der Waals surface area contributed by atoms with Gasteiger partial charge in [-0.1, -0.05) is 30.3 Å². The summed E-state index contributed by atoms with van der Waals surface area (Å²) in [5.74, 6) is -4.73. The third-order valence-corrected chi connectivity index (χ3v) is 4.35. The van der Waals surface area contributed by atoms with Crippen LogP contribution >= 0.6 is 0 Å². The van der Waals surface area contributed by atoms with Crippen LogP contribution in [0, 0.1) is 5.92 Å². The Morgan fingerprint density at radius 2 is 1.32 bits per heavy atom. The number of benzene rings is 1. The Balaban J connectivity index is 2.55. The quantitative estimate of drug-likeness (QED) is 0.349. The number of esters is 4. The molecule has 0 aromatic heterocycles. The van der Waals surface area contributed by atoms with Gasteiger partial charge in [0.1, 0.15) is 24.7 Å². The summed E-state index contributed by atoms with van der Waals surface area (Å²) in [6.45, 7) is 4.13. The smallest absolute Gasteiger partial charge is 0.305 e. The fraction of sp³-hybridized carbons (Fsp3) is 0.476. The van der Waals surface area contributed by atoms with Crippen LogP contribution in [-0.4, -0.2) is 60.9 Å². The second-order valence-electron chi connectivity index (χ2n) is 6.86. The predicted octanol–water partition coefficient (Wildman–Crippen LogP) is 1.20. The van der Waals surface area contributed by atoms with Gasteiger partial charge in [-0.25, -0.2) is 0 Å². The molecule has 1 aromatic rings. The molecule has 0 amide bonds. The van der Waals surface area contributed by atoms with E-state index < -0.39 is 66.8 Å². The van der Waals surface area contributed by atoms with Crippen LogP contribution in [0.5, 0.6) is 0 Å². The molecule has 2 rings (SSSR count). The zero-order valence-corrected chi connectivity index (χ0v) is 17.6. The summed E-state index contributed by atoms with van der Waals surface area (Å²) in [6.07, 6.45) is -5.36. The topological polar surface area (TPSA) is 132 Å². The highest BCUT2D eigenvalue weighted by Crippen LogP contribution is 2.34. The van der Waals surface area contributed by atoms with Crippen molar-refractivity contribution in [2.24, 2.45) is 5.92 Å². The van der Waals surface area contributed by atoms with E-state index in [-0.39, 0.29) is 5.56 Å². The fourth-order valence-electron chi connectivity index (χ4n) is 3.26. The Labute approximate surface area is 178 Å². The zero-order chi connectivity index (χ0) is 23.1. The molecule has 0 bridgehead atoms. The number of hydrogen-bond acceptors (Lipinski definition) is 10. The lowest BCUT2D eigenvalue weighted by molar-refractivity contribution is -0.280. The molecule has 5 atom stereocenters. The molecule has 0 radical (unpaired) electrons. The van der Waals surface area contributed by atoms with Crippen molar-refractivity contribution in [3.8, 4) is 0 Å². The van der Waals surface area contributed by atoms with Crippen molar-refractivity contribution in [1.82, 2.24) is 0 Å². The molecule has 168 valence electrons. The summed E-state index contributed by atoms with van der Waals surface area (Å²) in [5.41, 5.74) is 0.247. The lowest BCUT2D eigenvalue weighted by Crippen LogP contribution is -2.61. The monoisotopic (exact) mass is 436 g/mol. The Morgan fingerprint density at radius 1 is 0.774 bits per heavy atom. The van der Waals surface area contributed by atoms with Crippen LogP contribution in [0.1, 0.15) is 38.1 Å². The Kier molecular flexibility index (Phi) is 8.26. The van der Waals surface area contributed by atoms with Crippen molar-refractivity contribution < 1.29 is 47.7 Å². The van der Waals surface area contributed by atoms with Gasteiger partial charge in [-0.05, 0) is 0 Å². The van der Waals surface area contributed by atoms with Gasteiger partial charge in [0.05, 0.1) is 0 Å². The maximum absolute atomic E-state index is 13.4. The van der Waals surface area contributed by atoms with E-state index in [2.05, 4.69) is 0 Å². The van der Waals surface area contributed by atoms with Gasteiger partial charge in [-0.2, -0.15) is 0 Å². The molecule has 0 spiro atoms. The predicted molar refractivity (Wildman–Crippen MR) is 102 cm³/mol. The maximum Gasteiger partial charge on any atom is 0.305 e. The summed E-state index contributed by atoms with van der Waals surface area (Å²) in [7, 11) is 0. The molecule has 0 N–H and O–H groups in total. The molecule has 10 heteroatoms. The van der Waals surface area contributed by atoms with Gasteiger partial charge in [-0.3, -0.25) is 24.0 Å². The largest absolute Gasteiger partial charge is 0.463 e. The molecule has 1 fully saturated rings. The number of rotatable bonds is 7. The Bertz CT molecular complexity index is 834. The minimum Gasteiger partial charge on any atom is -0.463 e. The summed E-state index contributed by atoms with van der Waals surface area (Å²) >= 11 is 0. The number of hydrogen-bond donors (Lipinski definition) is 0. The minimum absolute atomic E-state index is 0.247. The van der Waals surface area contributed by atoms with E-state index in [9.17, 15) is 24.0 Å². The molecule has 1 aliphatic rings. The van der Waals surface area contributed by atoms with Crippen LogP contribution in [0.2, 0.25) is 0 Å².